The fourth-order valence-electron chi connectivity index (χ4n) is 2.77. The Balaban J connectivity index is 3.31. The molecule has 0 spiro atoms. The molecular weight excluding hydrogens is 430 g/mol. The van der Waals surface area contributed by atoms with Crippen molar-refractivity contribution < 1.29 is 33.8 Å². The highest BCUT2D eigenvalue weighted by Crippen LogP contribution is 2.25. The van der Waals surface area contributed by atoms with Crippen LogP contribution in [0, 0.1) is 18.4 Å². The number of carbonyl (C=O) groups excluding carboxylic acids is 4. The third-order valence-electron chi connectivity index (χ3n) is 4.33. The number of benzene rings is 1. The molecule has 0 aliphatic heterocycles. The molecule has 3 N–H and O–H groups in total. The molecule has 0 saturated heterocycles. The normalized spacial score (nSPS) is 12.7. The van der Waals surface area contributed by atoms with Gasteiger partial charge in [-0.1, -0.05) is 32.4 Å². The number of ether oxygens (including phenoxy) is 2. The van der Waals surface area contributed by atoms with Gasteiger partial charge < -0.3 is 25.2 Å². The van der Waals surface area contributed by atoms with Crippen molar-refractivity contribution >= 4 is 23.9 Å². The molecular formula is C23H31N3O7. The van der Waals surface area contributed by atoms with E-state index in [-0.39, 0.29) is 11.3 Å². The van der Waals surface area contributed by atoms with Gasteiger partial charge in [0, 0.05) is 6.04 Å². The topological polar surface area (TPSA) is 134 Å². The van der Waals surface area contributed by atoms with E-state index >= 15 is 0 Å². The van der Waals surface area contributed by atoms with E-state index < -0.39 is 54.0 Å². The number of phenolic OH excluding ortho intramolecular Hbond substituents is 1. The zero-order valence-corrected chi connectivity index (χ0v) is 19.7. The summed E-state index contributed by atoms with van der Waals surface area (Å²) in [4.78, 5) is 51.0. The number of carbonyl (C=O) groups is 4. The average Bonchev–Trinajstić information content (AvgIpc) is 2.72. The second-order valence-electron chi connectivity index (χ2n) is 8.49. The number of nitrogens with one attached hydrogen (secondary N) is 2. The van der Waals surface area contributed by atoms with E-state index in [4.69, 9.17) is 11.2 Å². The molecule has 0 radical (unpaired) electrons. The van der Waals surface area contributed by atoms with Crippen molar-refractivity contribution in [2.24, 2.45) is 5.92 Å². The Hall–Kier alpha value is -3.74. The molecule has 2 atom stereocenters. The van der Waals surface area contributed by atoms with Gasteiger partial charge in [0.15, 0.2) is 0 Å². The van der Waals surface area contributed by atoms with Gasteiger partial charge in [0.1, 0.15) is 30.0 Å². The van der Waals surface area contributed by atoms with Crippen molar-refractivity contribution in [3.8, 4) is 18.2 Å². The molecule has 0 bridgehead atoms. The Morgan fingerprint density at radius 2 is 1.73 bits per heavy atom. The lowest BCUT2D eigenvalue weighted by atomic mass is 9.99. The molecule has 2 unspecified atom stereocenters. The number of rotatable bonds is 8. The van der Waals surface area contributed by atoms with Crippen molar-refractivity contribution in [2.75, 3.05) is 13.7 Å². The van der Waals surface area contributed by atoms with E-state index in [0.29, 0.717) is 0 Å². The molecule has 33 heavy (non-hydrogen) atoms. The van der Waals surface area contributed by atoms with Gasteiger partial charge in [-0.15, -0.1) is 0 Å². The number of terminal acetylenes is 1. The number of aromatic hydroxyl groups is 1. The van der Waals surface area contributed by atoms with E-state index in [9.17, 15) is 24.3 Å². The van der Waals surface area contributed by atoms with Gasteiger partial charge in [-0.3, -0.25) is 19.3 Å². The lowest BCUT2D eigenvalue weighted by Crippen LogP contribution is -2.53. The number of nitrogens with zero attached hydrogens (tertiary/aromatic N) is 1. The van der Waals surface area contributed by atoms with Crippen LogP contribution in [-0.4, -0.2) is 59.2 Å². The quantitative estimate of drug-likeness (QED) is 0.305. The number of phenols is 1. The largest absolute Gasteiger partial charge is 0.508 e. The molecule has 0 fully saturated rings. The van der Waals surface area contributed by atoms with Crippen LogP contribution in [0.15, 0.2) is 24.3 Å². The maximum Gasteiger partial charge on any atom is 0.408 e. The summed E-state index contributed by atoms with van der Waals surface area (Å²) in [7, 11) is 1.17. The number of esters is 1. The van der Waals surface area contributed by atoms with Gasteiger partial charge in [0.2, 0.25) is 5.91 Å². The zero-order chi connectivity index (χ0) is 25.3. The van der Waals surface area contributed by atoms with Crippen molar-refractivity contribution in [1.29, 1.82) is 0 Å². The Kier molecular flexibility index (Phi) is 9.73. The summed E-state index contributed by atoms with van der Waals surface area (Å²) in [6.07, 6.45) is 4.81. The summed E-state index contributed by atoms with van der Waals surface area (Å²) in [6, 6.07) is 5.24. The SMILES string of the molecule is C#CN(C(=O)C(NC(=O)OC(C)(C)C)C(C)C)C(C(=O)NCC(=O)OC)c1ccc(O)cc1. The van der Waals surface area contributed by atoms with Crippen LogP contribution < -0.4 is 10.6 Å². The highest BCUT2D eigenvalue weighted by molar-refractivity contribution is 5.94. The van der Waals surface area contributed by atoms with Crippen LogP contribution in [0.3, 0.4) is 0 Å². The standard InChI is InChI=1S/C23H31N3O7/c1-8-26(21(30)18(14(2)3)25-22(31)33-23(4,5)6)19(15-9-11-16(27)12-10-15)20(29)24-13-17(28)32-7/h1,9-12,14,18-19,27H,13H2,2-7H3,(H,24,29)(H,25,31). The summed E-state index contributed by atoms with van der Waals surface area (Å²) < 4.78 is 9.75. The molecule has 1 rings (SSSR count). The van der Waals surface area contributed by atoms with Crippen molar-refractivity contribution in [2.45, 2.75) is 52.3 Å². The Labute approximate surface area is 193 Å². The summed E-state index contributed by atoms with van der Waals surface area (Å²) in [6.45, 7) is 7.99. The zero-order valence-electron chi connectivity index (χ0n) is 19.7. The summed E-state index contributed by atoms with van der Waals surface area (Å²) in [5.74, 6) is -2.64. The monoisotopic (exact) mass is 461 g/mol. The average molecular weight is 462 g/mol. The van der Waals surface area contributed by atoms with E-state index in [2.05, 4.69) is 21.4 Å². The lowest BCUT2D eigenvalue weighted by Gasteiger charge is -2.31. The van der Waals surface area contributed by atoms with Crippen LogP contribution in [0.4, 0.5) is 4.79 Å². The minimum atomic E-state index is -1.35. The second-order valence-corrected chi connectivity index (χ2v) is 8.49. The Morgan fingerprint density at radius 3 is 2.18 bits per heavy atom. The fraction of sp³-hybridized carbons (Fsp3) is 0.478. The molecule has 10 nitrogen and oxygen atoms in total. The van der Waals surface area contributed by atoms with Crippen LogP contribution in [0.25, 0.3) is 0 Å². The van der Waals surface area contributed by atoms with Gasteiger partial charge in [0.05, 0.1) is 7.11 Å². The first-order valence-corrected chi connectivity index (χ1v) is 10.2. The number of amides is 3. The van der Waals surface area contributed by atoms with Crippen molar-refractivity contribution in [3.05, 3.63) is 29.8 Å². The molecule has 0 saturated carbocycles. The molecule has 1 aromatic carbocycles. The number of alkyl carbamates (subject to hydrolysis) is 1. The van der Waals surface area contributed by atoms with E-state index in [1.807, 2.05) is 0 Å². The number of hydrogen-bond donors (Lipinski definition) is 3. The van der Waals surface area contributed by atoms with Crippen LogP contribution in [-0.2, 0) is 23.9 Å². The lowest BCUT2D eigenvalue weighted by molar-refractivity contribution is -0.143. The molecule has 0 aromatic heterocycles. The van der Waals surface area contributed by atoms with Gasteiger partial charge in [-0.05, 0) is 44.4 Å². The predicted molar refractivity (Wildman–Crippen MR) is 120 cm³/mol. The first kappa shape index (κ1) is 27.3. The Morgan fingerprint density at radius 1 is 1.15 bits per heavy atom. The molecule has 0 aliphatic carbocycles. The van der Waals surface area contributed by atoms with Gasteiger partial charge in [-0.25, -0.2) is 4.79 Å². The minimum absolute atomic E-state index is 0.0577. The van der Waals surface area contributed by atoms with Gasteiger partial charge in [0.25, 0.3) is 5.91 Å². The predicted octanol–water partition coefficient (Wildman–Crippen LogP) is 1.69. The molecule has 10 heteroatoms. The molecule has 0 heterocycles. The summed E-state index contributed by atoms with van der Waals surface area (Å²) in [5, 5.41) is 14.5. The minimum Gasteiger partial charge on any atom is -0.508 e. The van der Waals surface area contributed by atoms with Crippen LogP contribution in [0.1, 0.15) is 46.2 Å². The van der Waals surface area contributed by atoms with E-state index in [1.165, 1.54) is 31.4 Å². The van der Waals surface area contributed by atoms with Crippen molar-refractivity contribution in [3.63, 3.8) is 0 Å². The molecule has 1 aromatic rings. The first-order chi connectivity index (χ1) is 15.3. The second kappa shape index (κ2) is 11.8. The maximum atomic E-state index is 13.4. The van der Waals surface area contributed by atoms with Crippen LogP contribution in [0.2, 0.25) is 0 Å². The Bertz CT molecular complexity index is 898. The van der Waals surface area contributed by atoms with Crippen LogP contribution in [0.5, 0.6) is 5.75 Å². The third kappa shape index (κ3) is 8.37. The first-order valence-electron chi connectivity index (χ1n) is 10.2. The summed E-state index contributed by atoms with van der Waals surface area (Å²) in [5.41, 5.74) is -0.510. The van der Waals surface area contributed by atoms with Crippen LogP contribution >= 0.6 is 0 Å². The van der Waals surface area contributed by atoms with Gasteiger partial charge >= 0.3 is 12.1 Å². The highest BCUT2D eigenvalue weighted by atomic mass is 16.6. The molecule has 0 aliphatic rings. The third-order valence-corrected chi connectivity index (χ3v) is 4.33. The van der Waals surface area contributed by atoms with Crippen molar-refractivity contribution in [1.82, 2.24) is 15.5 Å². The van der Waals surface area contributed by atoms with E-state index in [1.54, 1.807) is 34.6 Å². The fourth-order valence-corrected chi connectivity index (χ4v) is 2.77. The van der Waals surface area contributed by atoms with Gasteiger partial charge in [-0.2, -0.15) is 0 Å². The number of hydrogen-bond acceptors (Lipinski definition) is 7. The van der Waals surface area contributed by atoms with E-state index in [0.717, 1.165) is 4.90 Å². The molecule has 3 amide bonds. The smallest absolute Gasteiger partial charge is 0.408 e. The highest BCUT2D eigenvalue weighted by Gasteiger charge is 2.37. The molecule has 180 valence electrons. The maximum absolute atomic E-state index is 13.4. The number of methoxy groups -OCH3 is 1. The summed E-state index contributed by atoms with van der Waals surface area (Å²) >= 11 is 0.